The van der Waals surface area contributed by atoms with Gasteiger partial charge in [0.1, 0.15) is 5.82 Å². The van der Waals surface area contributed by atoms with E-state index < -0.39 is 0 Å². The van der Waals surface area contributed by atoms with Crippen LogP contribution >= 0.6 is 0 Å². The number of allylic oxidation sites excluding steroid dienone is 1. The predicted molar refractivity (Wildman–Crippen MR) is 124 cm³/mol. The zero-order valence-corrected chi connectivity index (χ0v) is 18.1. The van der Waals surface area contributed by atoms with E-state index in [4.69, 9.17) is 0 Å². The summed E-state index contributed by atoms with van der Waals surface area (Å²) in [4.78, 5) is 15.2. The molecule has 32 heavy (non-hydrogen) atoms. The first-order valence-corrected chi connectivity index (χ1v) is 10.5. The Labute approximate surface area is 186 Å². The van der Waals surface area contributed by atoms with Crippen LogP contribution in [0.3, 0.4) is 0 Å². The van der Waals surface area contributed by atoms with Crippen molar-refractivity contribution in [2.75, 3.05) is 24.5 Å². The quantitative estimate of drug-likeness (QED) is 0.582. The van der Waals surface area contributed by atoms with Gasteiger partial charge in [0.15, 0.2) is 5.65 Å². The Bertz CT molecular complexity index is 1230. The van der Waals surface area contributed by atoms with Crippen LogP contribution in [0.5, 0.6) is 0 Å². The molecule has 7 nitrogen and oxygen atoms in total. The highest BCUT2D eigenvalue weighted by Gasteiger charge is 2.50. The van der Waals surface area contributed by atoms with Crippen molar-refractivity contribution in [2.45, 2.75) is 32.0 Å². The molecule has 0 unspecified atom stereocenters. The maximum absolute atomic E-state index is 13.7. The molecule has 166 valence electrons. The molecule has 2 fully saturated rings. The number of anilines is 1. The van der Waals surface area contributed by atoms with E-state index in [2.05, 4.69) is 40.1 Å². The van der Waals surface area contributed by atoms with E-state index in [1.54, 1.807) is 23.6 Å². The van der Waals surface area contributed by atoms with Gasteiger partial charge in [-0.25, -0.2) is 18.3 Å². The second-order valence-electron chi connectivity index (χ2n) is 8.30. The van der Waals surface area contributed by atoms with Crippen molar-refractivity contribution >= 4 is 11.3 Å². The van der Waals surface area contributed by atoms with Gasteiger partial charge in [-0.05, 0) is 42.7 Å². The molecule has 8 heteroatoms. The number of rotatable bonds is 6. The number of aromatic nitrogens is 3. The van der Waals surface area contributed by atoms with Gasteiger partial charge in [-0.1, -0.05) is 18.7 Å². The highest BCUT2D eigenvalue weighted by Crippen LogP contribution is 2.39. The predicted octanol–water partition coefficient (Wildman–Crippen LogP) is 2.05. The van der Waals surface area contributed by atoms with Crippen molar-refractivity contribution in [1.82, 2.24) is 24.8 Å². The Balaban J connectivity index is 0.00000119. The molecule has 3 aromatic rings. The number of hydrogen-bond acceptors (Lipinski definition) is 5. The molecule has 1 aromatic carbocycles. The highest BCUT2D eigenvalue weighted by molar-refractivity contribution is 5.71. The van der Waals surface area contributed by atoms with Gasteiger partial charge in [-0.3, -0.25) is 0 Å². The standard InChI is InChI=1S/C22H25FN6O.C2H2/c1-15-5-6-17(10-18(15)23)11-25-16(2)12-29-21(30)27-8-3-4-19(20(27)26-29)28-9-7-22(28)13-24-14-22;1-2/h3-6,8,10,24-25H,2,7,9,11-14H2,1H3;1-2H. The SMILES string of the molecule is C#C.C=C(Cn1nc2c(N3CCC34CNC4)cccn2c1=O)NCc1ccc(C)c(F)c1. The summed E-state index contributed by atoms with van der Waals surface area (Å²) >= 11 is 0. The van der Waals surface area contributed by atoms with Gasteiger partial charge < -0.3 is 15.5 Å². The number of hydrogen-bond donors (Lipinski definition) is 2. The molecule has 2 aromatic heterocycles. The van der Waals surface area contributed by atoms with Crippen LogP contribution in [-0.2, 0) is 13.1 Å². The number of benzene rings is 1. The topological polar surface area (TPSA) is 66.6 Å². The molecule has 1 spiro atoms. The molecule has 0 aliphatic carbocycles. The fourth-order valence-corrected chi connectivity index (χ4v) is 4.24. The van der Waals surface area contributed by atoms with E-state index in [9.17, 15) is 9.18 Å². The number of aryl methyl sites for hydroxylation is 1. The summed E-state index contributed by atoms with van der Waals surface area (Å²) in [6, 6.07) is 9.07. The van der Waals surface area contributed by atoms with Crippen LogP contribution in [0.25, 0.3) is 5.65 Å². The fourth-order valence-electron chi connectivity index (χ4n) is 4.24. The molecule has 5 rings (SSSR count). The average molecular weight is 435 g/mol. The number of pyridine rings is 1. The number of halogens is 1. The lowest BCUT2D eigenvalue weighted by Gasteiger charge is -2.59. The summed E-state index contributed by atoms with van der Waals surface area (Å²) in [5.74, 6) is -0.227. The van der Waals surface area contributed by atoms with Crippen molar-refractivity contribution in [1.29, 1.82) is 0 Å². The maximum atomic E-state index is 13.7. The molecule has 2 N–H and O–H groups in total. The third-order valence-electron chi connectivity index (χ3n) is 6.28. The summed E-state index contributed by atoms with van der Waals surface area (Å²) in [5.41, 5.74) is 3.73. The Morgan fingerprint density at radius 3 is 2.75 bits per heavy atom. The number of nitrogens with zero attached hydrogens (tertiary/aromatic N) is 4. The lowest BCUT2D eigenvalue weighted by atomic mass is 9.79. The normalized spacial score (nSPS) is 16.1. The third kappa shape index (κ3) is 3.65. The number of nitrogens with one attached hydrogen (secondary N) is 2. The third-order valence-corrected chi connectivity index (χ3v) is 6.28. The largest absolute Gasteiger partial charge is 0.383 e. The van der Waals surface area contributed by atoms with Crippen molar-refractivity contribution in [3.63, 3.8) is 0 Å². The summed E-state index contributed by atoms with van der Waals surface area (Å²) in [6.07, 6.45) is 10.9. The van der Waals surface area contributed by atoms with Gasteiger partial charge in [0.25, 0.3) is 0 Å². The second kappa shape index (κ2) is 8.52. The molecule has 4 heterocycles. The first-order chi connectivity index (χ1) is 15.5. The molecule has 2 aliphatic rings. The van der Waals surface area contributed by atoms with Gasteiger partial charge in [0.2, 0.25) is 0 Å². The molecule has 0 radical (unpaired) electrons. The average Bonchev–Trinajstić information content (AvgIpc) is 3.05. The molecule has 2 saturated heterocycles. The fraction of sp³-hybridized carbons (Fsp3) is 0.333. The Morgan fingerprint density at radius 2 is 2.12 bits per heavy atom. The lowest BCUT2D eigenvalue weighted by molar-refractivity contribution is 0.180. The molecule has 0 amide bonds. The summed E-state index contributed by atoms with van der Waals surface area (Å²) in [7, 11) is 0. The Hall–Kier alpha value is -3.57. The van der Waals surface area contributed by atoms with Crippen LogP contribution in [-0.4, -0.2) is 39.4 Å². The van der Waals surface area contributed by atoms with Crippen LogP contribution < -0.4 is 21.2 Å². The first-order valence-electron chi connectivity index (χ1n) is 10.5. The van der Waals surface area contributed by atoms with Crippen molar-refractivity contribution < 1.29 is 4.39 Å². The Morgan fingerprint density at radius 1 is 1.34 bits per heavy atom. The molecule has 0 atom stereocenters. The first kappa shape index (κ1) is 21.7. The highest BCUT2D eigenvalue weighted by atomic mass is 19.1. The van der Waals surface area contributed by atoms with Crippen LogP contribution in [0.4, 0.5) is 10.1 Å². The van der Waals surface area contributed by atoms with Crippen LogP contribution in [0, 0.1) is 25.6 Å². The molecular weight excluding hydrogens is 407 g/mol. The van der Waals surface area contributed by atoms with Gasteiger partial charge >= 0.3 is 5.69 Å². The van der Waals surface area contributed by atoms with E-state index in [1.165, 1.54) is 10.7 Å². The van der Waals surface area contributed by atoms with Crippen molar-refractivity contribution in [2.24, 2.45) is 0 Å². The van der Waals surface area contributed by atoms with E-state index in [1.807, 2.05) is 18.2 Å². The molecule has 0 bridgehead atoms. The maximum Gasteiger partial charge on any atom is 0.350 e. The summed E-state index contributed by atoms with van der Waals surface area (Å²) in [5, 5.41) is 11.1. The minimum atomic E-state index is -0.227. The minimum Gasteiger partial charge on any atom is -0.383 e. The van der Waals surface area contributed by atoms with Gasteiger partial charge in [-0.15, -0.1) is 17.9 Å². The molecule has 2 aliphatic heterocycles. The summed E-state index contributed by atoms with van der Waals surface area (Å²) < 4.78 is 16.7. The lowest BCUT2D eigenvalue weighted by Crippen LogP contribution is -2.76. The van der Waals surface area contributed by atoms with E-state index in [0.29, 0.717) is 23.5 Å². The van der Waals surface area contributed by atoms with Crippen LogP contribution in [0.2, 0.25) is 0 Å². The van der Waals surface area contributed by atoms with E-state index >= 15 is 0 Å². The van der Waals surface area contributed by atoms with Gasteiger partial charge in [-0.2, -0.15) is 0 Å². The number of fused-ring (bicyclic) bond motifs is 1. The van der Waals surface area contributed by atoms with Gasteiger partial charge in [0, 0.05) is 38.1 Å². The van der Waals surface area contributed by atoms with Crippen molar-refractivity contribution in [3.8, 4) is 12.8 Å². The zero-order valence-electron chi connectivity index (χ0n) is 18.1. The second-order valence-corrected chi connectivity index (χ2v) is 8.30. The van der Waals surface area contributed by atoms with E-state index in [0.717, 1.165) is 37.3 Å². The summed E-state index contributed by atoms with van der Waals surface area (Å²) in [6.45, 7) is 9.36. The van der Waals surface area contributed by atoms with Crippen molar-refractivity contribution in [3.05, 3.63) is 76.2 Å². The smallest absolute Gasteiger partial charge is 0.350 e. The minimum absolute atomic E-state index is 0.177. The molecular formula is C24H27FN6O. The van der Waals surface area contributed by atoms with Crippen LogP contribution in [0.15, 0.2) is 53.6 Å². The monoisotopic (exact) mass is 434 g/mol. The molecule has 0 saturated carbocycles. The van der Waals surface area contributed by atoms with Gasteiger partial charge in [0.05, 0.1) is 17.8 Å². The van der Waals surface area contributed by atoms with E-state index in [-0.39, 0.29) is 23.6 Å². The number of terminal acetylenes is 1. The Kier molecular flexibility index (Phi) is 5.76. The van der Waals surface area contributed by atoms with Crippen LogP contribution in [0.1, 0.15) is 17.5 Å². The zero-order chi connectivity index (χ0) is 22.9.